The first kappa shape index (κ1) is 16.9. The number of fused-ring (bicyclic) bond motifs is 3. The minimum atomic E-state index is -0.260. The largest absolute Gasteiger partial charge is 0.460 e. The van der Waals surface area contributed by atoms with Crippen molar-refractivity contribution in [2.45, 2.75) is 59.0 Å². The maximum absolute atomic E-state index is 12.9. The Labute approximate surface area is 151 Å². The Kier molecular flexibility index (Phi) is 4.09. The van der Waals surface area contributed by atoms with Gasteiger partial charge in [-0.1, -0.05) is 6.92 Å². The van der Waals surface area contributed by atoms with Gasteiger partial charge < -0.3 is 9.32 Å². The highest BCUT2D eigenvalue weighted by Gasteiger charge is 2.25. The van der Waals surface area contributed by atoms with Gasteiger partial charge in [-0.25, -0.2) is 4.68 Å². The Hall–Kier alpha value is -2.57. The standard InChI is InChI=1S/C19H24N4O3/c1-4-17-20-22(11-18(24)21-8-6-5-7-12(21)2)19(25)15-10-16-14(23(15)17)9-13(3)26-16/h9-10,12H,4-8,11H2,1-3H3/t12-/m1/s1. The van der Waals surface area contributed by atoms with Crippen molar-refractivity contribution >= 4 is 22.5 Å². The summed E-state index contributed by atoms with van der Waals surface area (Å²) in [5.74, 6) is 1.50. The molecule has 1 saturated heterocycles. The van der Waals surface area contributed by atoms with Crippen molar-refractivity contribution in [1.29, 1.82) is 0 Å². The van der Waals surface area contributed by atoms with Gasteiger partial charge in [0.1, 0.15) is 23.6 Å². The fourth-order valence-electron chi connectivity index (χ4n) is 3.94. The topological polar surface area (TPSA) is 72.8 Å². The quantitative estimate of drug-likeness (QED) is 0.723. The monoisotopic (exact) mass is 356 g/mol. The highest BCUT2D eigenvalue weighted by Crippen LogP contribution is 2.23. The van der Waals surface area contributed by atoms with Gasteiger partial charge in [0.2, 0.25) is 5.91 Å². The third-order valence-corrected chi connectivity index (χ3v) is 5.29. The van der Waals surface area contributed by atoms with Crippen LogP contribution in [0, 0.1) is 6.92 Å². The zero-order chi connectivity index (χ0) is 18.4. The first-order chi connectivity index (χ1) is 12.5. The number of nitrogens with zero attached hydrogens (tertiary/aromatic N) is 4. The SMILES string of the molecule is CCc1nn(CC(=O)N2CCCC[C@H]2C)c(=O)c2cc3oc(C)cc3n12. The van der Waals surface area contributed by atoms with E-state index in [4.69, 9.17) is 4.42 Å². The van der Waals surface area contributed by atoms with Crippen LogP contribution >= 0.6 is 0 Å². The van der Waals surface area contributed by atoms with Crippen molar-refractivity contribution in [1.82, 2.24) is 19.1 Å². The Morgan fingerprint density at radius 3 is 2.85 bits per heavy atom. The molecule has 7 nitrogen and oxygen atoms in total. The maximum Gasteiger partial charge on any atom is 0.291 e. The molecule has 1 fully saturated rings. The lowest BCUT2D eigenvalue weighted by molar-refractivity contribution is -0.135. The van der Waals surface area contributed by atoms with Crippen molar-refractivity contribution in [3.05, 3.63) is 34.1 Å². The second-order valence-electron chi connectivity index (χ2n) is 7.14. The fourth-order valence-corrected chi connectivity index (χ4v) is 3.94. The number of hydrogen-bond acceptors (Lipinski definition) is 4. The van der Waals surface area contributed by atoms with Crippen LogP contribution in [0.25, 0.3) is 16.6 Å². The number of piperidine rings is 1. The van der Waals surface area contributed by atoms with Gasteiger partial charge in [0, 0.05) is 31.1 Å². The van der Waals surface area contributed by atoms with Crippen molar-refractivity contribution in [3.8, 4) is 0 Å². The van der Waals surface area contributed by atoms with Gasteiger partial charge in [0.05, 0.1) is 5.52 Å². The lowest BCUT2D eigenvalue weighted by Gasteiger charge is -2.33. The van der Waals surface area contributed by atoms with Gasteiger partial charge in [0.15, 0.2) is 5.58 Å². The lowest BCUT2D eigenvalue weighted by Crippen LogP contribution is -2.45. The zero-order valence-electron chi connectivity index (χ0n) is 15.5. The minimum Gasteiger partial charge on any atom is -0.460 e. The number of likely N-dealkylation sites (tertiary alicyclic amines) is 1. The first-order valence-electron chi connectivity index (χ1n) is 9.30. The number of amides is 1. The van der Waals surface area contributed by atoms with E-state index < -0.39 is 0 Å². The molecule has 138 valence electrons. The van der Waals surface area contributed by atoms with Crippen LogP contribution in [0.15, 0.2) is 21.3 Å². The van der Waals surface area contributed by atoms with Crippen molar-refractivity contribution < 1.29 is 9.21 Å². The van der Waals surface area contributed by atoms with Gasteiger partial charge in [-0.2, -0.15) is 5.10 Å². The molecule has 1 aliphatic heterocycles. The van der Waals surface area contributed by atoms with Gasteiger partial charge >= 0.3 is 0 Å². The molecule has 4 heterocycles. The summed E-state index contributed by atoms with van der Waals surface area (Å²) in [5.41, 5.74) is 1.77. The molecule has 26 heavy (non-hydrogen) atoms. The molecule has 1 aliphatic rings. The minimum absolute atomic E-state index is 0.0156. The molecule has 1 atom stereocenters. The number of aryl methyl sites for hydroxylation is 2. The second kappa shape index (κ2) is 6.30. The van der Waals surface area contributed by atoms with Gasteiger partial charge in [-0.15, -0.1) is 0 Å². The molecular formula is C19H24N4O3. The molecule has 0 aliphatic carbocycles. The van der Waals surface area contributed by atoms with Crippen LogP contribution in [0.1, 0.15) is 44.7 Å². The summed E-state index contributed by atoms with van der Waals surface area (Å²) in [6.45, 7) is 6.68. The van der Waals surface area contributed by atoms with Crippen LogP contribution in [-0.2, 0) is 17.8 Å². The van der Waals surface area contributed by atoms with Gasteiger partial charge in [-0.05, 0) is 33.1 Å². The lowest BCUT2D eigenvalue weighted by atomic mass is 10.0. The first-order valence-corrected chi connectivity index (χ1v) is 9.30. The van der Waals surface area contributed by atoms with E-state index in [0.29, 0.717) is 17.5 Å². The van der Waals surface area contributed by atoms with Crippen LogP contribution in [0.2, 0.25) is 0 Å². The normalized spacial score (nSPS) is 18.1. The molecule has 0 aromatic carbocycles. The Morgan fingerprint density at radius 1 is 1.31 bits per heavy atom. The molecule has 7 heteroatoms. The Bertz CT molecular complexity index is 1040. The van der Waals surface area contributed by atoms with E-state index >= 15 is 0 Å². The van der Waals surface area contributed by atoms with E-state index in [-0.39, 0.29) is 24.1 Å². The Morgan fingerprint density at radius 2 is 2.12 bits per heavy atom. The Balaban J connectivity index is 1.77. The van der Waals surface area contributed by atoms with Crippen LogP contribution < -0.4 is 5.56 Å². The number of furan rings is 1. The molecule has 0 N–H and O–H groups in total. The molecule has 4 rings (SSSR count). The van der Waals surface area contributed by atoms with Crippen LogP contribution in [-0.4, -0.2) is 37.6 Å². The number of aromatic nitrogens is 3. The summed E-state index contributed by atoms with van der Waals surface area (Å²) in [5, 5.41) is 4.49. The smallest absolute Gasteiger partial charge is 0.291 e. The summed E-state index contributed by atoms with van der Waals surface area (Å²) >= 11 is 0. The zero-order valence-corrected chi connectivity index (χ0v) is 15.5. The van der Waals surface area contributed by atoms with E-state index in [0.717, 1.165) is 42.9 Å². The summed E-state index contributed by atoms with van der Waals surface area (Å²) < 4.78 is 8.82. The molecular weight excluding hydrogens is 332 g/mol. The molecule has 0 saturated carbocycles. The second-order valence-corrected chi connectivity index (χ2v) is 7.14. The molecule has 3 aromatic heterocycles. The number of carbonyl (C=O) groups is 1. The van der Waals surface area contributed by atoms with Crippen LogP contribution in [0.3, 0.4) is 0 Å². The van der Waals surface area contributed by atoms with E-state index in [1.165, 1.54) is 4.68 Å². The third-order valence-electron chi connectivity index (χ3n) is 5.29. The molecule has 0 bridgehead atoms. The van der Waals surface area contributed by atoms with E-state index in [9.17, 15) is 9.59 Å². The highest BCUT2D eigenvalue weighted by molar-refractivity contribution is 5.83. The summed E-state index contributed by atoms with van der Waals surface area (Å²) in [6.07, 6.45) is 3.84. The highest BCUT2D eigenvalue weighted by atomic mass is 16.3. The molecule has 3 aromatic rings. The van der Waals surface area contributed by atoms with Crippen molar-refractivity contribution in [2.24, 2.45) is 0 Å². The van der Waals surface area contributed by atoms with Gasteiger partial charge in [0.25, 0.3) is 5.56 Å². The number of rotatable bonds is 3. The predicted octanol–water partition coefficient (Wildman–Crippen LogP) is 2.51. The summed E-state index contributed by atoms with van der Waals surface area (Å²) in [6, 6.07) is 3.88. The van der Waals surface area contributed by atoms with Crippen molar-refractivity contribution in [3.63, 3.8) is 0 Å². The summed E-state index contributed by atoms with van der Waals surface area (Å²) in [4.78, 5) is 27.5. The molecule has 0 spiro atoms. The van der Waals surface area contributed by atoms with Crippen LogP contribution in [0.5, 0.6) is 0 Å². The van der Waals surface area contributed by atoms with Gasteiger partial charge in [-0.3, -0.25) is 14.0 Å². The average Bonchev–Trinajstić information content (AvgIpc) is 3.14. The molecule has 0 radical (unpaired) electrons. The summed E-state index contributed by atoms with van der Waals surface area (Å²) in [7, 11) is 0. The fraction of sp³-hybridized carbons (Fsp3) is 0.526. The number of carbonyl (C=O) groups excluding carboxylic acids is 1. The predicted molar refractivity (Wildman–Crippen MR) is 98.4 cm³/mol. The van der Waals surface area contributed by atoms with Crippen molar-refractivity contribution in [2.75, 3.05) is 6.54 Å². The number of hydrogen-bond donors (Lipinski definition) is 0. The van der Waals surface area contributed by atoms with Crippen LogP contribution in [0.4, 0.5) is 0 Å². The van der Waals surface area contributed by atoms with E-state index in [1.807, 2.05) is 29.2 Å². The van der Waals surface area contributed by atoms with E-state index in [2.05, 4.69) is 12.0 Å². The van der Waals surface area contributed by atoms with E-state index in [1.54, 1.807) is 6.07 Å². The molecule has 0 unspecified atom stereocenters. The average molecular weight is 356 g/mol. The molecule has 1 amide bonds. The third kappa shape index (κ3) is 2.62. The maximum atomic E-state index is 12.9.